The first-order chi connectivity index (χ1) is 5.07. The second kappa shape index (κ2) is 3.01. The molecule has 0 atom stereocenters. The lowest BCUT2D eigenvalue weighted by atomic mass is 10.1. The molecule has 0 amide bonds. The van der Waals surface area contributed by atoms with E-state index in [1.54, 1.807) is 0 Å². The van der Waals surface area contributed by atoms with Gasteiger partial charge in [-0.1, -0.05) is 0 Å². The van der Waals surface area contributed by atoms with Crippen LogP contribution in [0, 0.1) is 0 Å². The van der Waals surface area contributed by atoms with Crippen molar-refractivity contribution in [1.29, 1.82) is 0 Å². The van der Waals surface area contributed by atoms with Gasteiger partial charge in [0.25, 0.3) is 0 Å². The van der Waals surface area contributed by atoms with Crippen LogP contribution in [0.3, 0.4) is 0 Å². The number of hydrogen-bond acceptors (Lipinski definition) is 1. The summed E-state index contributed by atoms with van der Waals surface area (Å²) in [5, 5.41) is 8.65. The molecule has 0 heterocycles. The van der Waals surface area contributed by atoms with Crippen LogP contribution in [0.4, 0.5) is 22.0 Å². The monoisotopic (exact) mass is 190 g/mol. The van der Waals surface area contributed by atoms with Crippen molar-refractivity contribution in [2.24, 2.45) is 0 Å². The van der Waals surface area contributed by atoms with E-state index < -0.39 is 23.4 Å². The molecule has 0 bridgehead atoms. The lowest BCUT2D eigenvalue weighted by molar-refractivity contribution is -0.114. The summed E-state index contributed by atoms with van der Waals surface area (Å²) in [6.07, 6.45) is -5.38. The van der Waals surface area contributed by atoms with Gasteiger partial charge in [0.05, 0.1) is 0 Å². The predicted molar refractivity (Wildman–Crippen MR) is 31.6 cm³/mol. The Morgan fingerprint density at radius 1 is 1.00 bits per heavy atom. The Kier molecular flexibility index (Phi) is 2.84. The van der Waals surface area contributed by atoms with Crippen LogP contribution in [0.25, 0.3) is 0 Å². The third kappa shape index (κ3) is 2.77. The summed E-state index contributed by atoms with van der Waals surface area (Å²) in [6, 6.07) is 0. The van der Waals surface area contributed by atoms with Gasteiger partial charge in [-0.15, -0.1) is 0 Å². The van der Waals surface area contributed by atoms with Gasteiger partial charge in [-0.05, 0) is 13.8 Å². The fraction of sp³-hybridized carbons (Fsp3) is 0.667. The normalized spacial score (nSPS) is 16.0. The van der Waals surface area contributed by atoms with Gasteiger partial charge in [0.2, 0.25) is 5.83 Å². The van der Waals surface area contributed by atoms with Gasteiger partial charge in [0.15, 0.2) is 5.83 Å². The Morgan fingerprint density at radius 2 is 1.33 bits per heavy atom. The average molecular weight is 190 g/mol. The Balaban J connectivity index is 4.96. The Morgan fingerprint density at radius 3 is 1.42 bits per heavy atom. The fourth-order valence-corrected chi connectivity index (χ4v) is 0.393. The highest BCUT2D eigenvalue weighted by atomic mass is 19.4. The number of aliphatic hydroxyl groups is 1. The van der Waals surface area contributed by atoms with Gasteiger partial charge in [-0.25, -0.2) is 4.39 Å². The molecule has 0 fully saturated rings. The van der Waals surface area contributed by atoms with Crippen LogP contribution >= 0.6 is 0 Å². The summed E-state index contributed by atoms with van der Waals surface area (Å²) >= 11 is 0. The molecule has 0 aromatic heterocycles. The molecule has 0 aliphatic carbocycles. The molecule has 0 aliphatic heterocycles. The van der Waals surface area contributed by atoms with E-state index in [-0.39, 0.29) is 0 Å². The molecule has 0 saturated heterocycles. The number of rotatable bonds is 1. The second-order valence-corrected chi connectivity index (χ2v) is 2.68. The maximum Gasteiger partial charge on any atom is 0.445 e. The molecule has 0 radical (unpaired) electrons. The molecule has 0 rings (SSSR count). The molecule has 1 N–H and O–H groups in total. The highest BCUT2D eigenvalue weighted by molar-refractivity contribution is 5.13. The molecule has 0 saturated carbocycles. The van der Waals surface area contributed by atoms with Gasteiger partial charge in [-0.3, -0.25) is 0 Å². The summed E-state index contributed by atoms with van der Waals surface area (Å²) in [5.41, 5.74) is -2.44. The zero-order valence-electron chi connectivity index (χ0n) is 6.34. The van der Waals surface area contributed by atoms with Gasteiger partial charge < -0.3 is 5.11 Å². The minimum absolute atomic E-state index is 0.716. The number of alkyl halides is 3. The predicted octanol–water partition coefficient (Wildman–Crippen LogP) is 2.47. The van der Waals surface area contributed by atoms with Gasteiger partial charge in [0.1, 0.15) is 5.60 Å². The Hall–Kier alpha value is -0.650. The Bertz CT molecular complexity index is 175. The lowest BCUT2D eigenvalue weighted by Gasteiger charge is -2.16. The highest BCUT2D eigenvalue weighted by Gasteiger charge is 2.41. The second-order valence-electron chi connectivity index (χ2n) is 2.68. The van der Waals surface area contributed by atoms with Gasteiger partial charge in [-0.2, -0.15) is 17.6 Å². The molecule has 6 heteroatoms. The smallest absolute Gasteiger partial charge is 0.383 e. The first kappa shape index (κ1) is 11.4. The number of halogens is 5. The summed E-state index contributed by atoms with van der Waals surface area (Å²) in [7, 11) is 0. The van der Waals surface area contributed by atoms with Crippen LogP contribution in [-0.4, -0.2) is 16.9 Å². The third-order valence-corrected chi connectivity index (χ3v) is 0.979. The zero-order chi connectivity index (χ0) is 10.2. The van der Waals surface area contributed by atoms with Crippen molar-refractivity contribution < 1.29 is 27.1 Å². The van der Waals surface area contributed by atoms with E-state index in [1.165, 1.54) is 0 Å². The van der Waals surface area contributed by atoms with E-state index in [1.807, 2.05) is 0 Å². The van der Waals surface area contributed by atoms with Crippen molar-refractivity contribution >= 4 is 0 Å². The van der Waals surface area contributed by atoms with E-state index >= 15 is 0 Å². The van der Waals surface area contributed by atoms with Crippen molar-refractivity contribution in [1.82, 2.24) is 0 Å². The van der Waals surface area contributed by atoms with Crippen LogP contribution in [0.2, 0.25) is 0 Å². The highest BCUT2D eigenvalue weighted by Crippen LogP contribution is 2.33. The summed E-state index contributed by atoms with van der Waals surface area (Å²) in [4.78, 5) is 0. The van der Waals surface area contributed by atoms with E-state index in [0.29, 0.717) is 13.8 Å². The maximum absolute atomic E-state index is 12.3. The molecule has 0 aliphatic rings. The standard InChI is InChI=1S/C6H7F5O/c1-5(2,12)3(7)4(8)6(9,10)11/h12H,1-2H3. The molecule has 0 spiro atoms. The maximum atomic E-state index is 12.3. The fourth-order valence-electron chi connectivity index (χ4n) is 0.393. The molecule has 0 aromatic carbocycles. The first-order valence-electron chi connectivity index (χ1n) is 2.92. The summed E-state index contributed by atoms with van der Waals surface area (Å²) in [6.45, 7) is 1.43. The van der Waals surface area contributed by atoms with E-state index in [2.05, 4.69) is 0 Å². The van der Waals surface area contributed by atoms with Gasteiger partial charge >= 0.3 is 6.18 Å². The van der Waals surface area contributed by atoms with Crippen LogP contribution < -0.4 is 0 Å². The molecular formula is C6H7F5O. The van der Waals surface area contributed by atoms with E-state index in [4.69, 9.17) is 5.11 Å². The first-order valence-corrected chi connectivity index (χ1v) is 2.92. The van der Waals surface area contributed by atoms with Crippen molar-refractivity contribution in [3.05, 3.63) is 11.7 Å². The number of allylic oxidation sites excluding steroid dienone is 1. The van der Waals surface area contributed by atoms with E-state index in [0.717, 1.165) is 0 Å². The SMILES string of the molecule is CC(C)(O)C(F)=C(F)C(F)(F)F. The topological polar surface area (TPSA) is 20.2 Å². The van der Waals surface area contributed by atoms with E-state index in [9.17, 15) is 22.0 Å². The molecule has 12 heavy (non-hydrogen) atoms. The molecule has 72 valence electrons. The largest absolute Gasteiger partial charge is 0.445 e. The van der Waals surface area contributed by atoms with Crippen LogP contribution in [-0.2, 0) is 0 Å². The summed E-state index contributed by atoms with van der Waals surface area (Å²) < 4.78 is 58.7. The zero-order valence-corrected chi connectivity index (χ0v) is 6.34. The van der Waals surface area contributed by atoms with Crippen LogP contribution in [0.5, 0.6) is 0 Å². The molecule has 0 unspecified atom stereocenters. The third-order valence-electron chi connectivity index (χ3n) is 0.979. The average Bonchev–Trinajstić information content (AvgIpc) is 1.80. The van der Waals surface area contributed by atoms with Crippen molar-refractivity contribution in [2.75, 3.05) is 0 Å². The lowest BCUT2D eigenvalue weighted by Crippen LogP contribution is -2.24. The Labute approximate surface area is 65.5 Å². The van der Waals surface area contributed by atoms with Crippen molar-refractivity contribution in [2.45, 2.75) is 25.6 Å². The minimum atomic E-state index is -5.38. The van der Waals surface area contributed by atoms with Crippen LogP contribution in [0.15, 0.2) is 11.7 Å². The summed E-state index contributed by atoms with van der Waals surface area (Å²) in [5.74, 6) is -5.11. The van der Waals surface area contributed by atoms with Crippen molar-refractivity contribution in [3.8, 4) is 0 Å². The van der Waals surface area contributed by atoms with Gasteiger partial charge in [0, 0.05) is 0 Å². The molecule has 0 aromatic rings. The number of hydrogen-bond donors (Lipinski definition) is 1. The minimum Gasteiger partial charge on any atom is -0.383 e. The van der Waals surface area contributed by atoms with Crippen LogP contribution in [0.1, 0.15) is 13.8 Å². The molecule has 1 nitrogen and oxygen atoms in total. The van der Waals surface area contributed by atoms with Crippen molar-refractivity contribution in [3.63, 3.8) is 0 Å². The quantitative estimate of drug-likeness (QED) is 0.629. The molecular weight excluding hydrogens is 183 g/mol.